The number of hydrogen-bond donors (Lipinski definition) is 0. The third-order valence-electron chi connectivity index (χ3n) is 3.83. The molecule has 2 aliphatic rings. The van der Waals surface area contributed by atoms with E-state index in [1.165, 1.54) is 0 Å². The van der Waals surface area contributed by atoms with Crippen molar-refractivity contribution in [2.45, 2.75) is 44.1 Å². The van der Waals surface area contributed by atoms with Crippen LogP contribution < -0.4 is 0 Å². The molecule has 0 aromatic heterocycles. The maximum absolute atomic E-state index is 13.1. The van der Waals surface area contributed by atoms with Crippen molar-refractivity contribution in [2.24, 2.45) is 0 Å². The molecular weight excluding hydrogens is 200 g/mol. The van der Waals surface area contributed by atoms with Crippen molar-refractivity contribution in [3.05, 3.63) is 0 Å². The van der Waals surface area contributed by atoms with Gasteiger partial charge in [0.05, 0.1) is 13.2 Å². The number of halogens is 2. The molecule has 0 spiro atoms. The Morgan fingerprint density at radius 2 is 1.53 bits per heavy atom. The van der Waals surface area contributed by atoms with Crippen molar-refractivity contribution >= 4 is 0 Å². The van der Waals surface area contributed by atoms with Crippen LogP contribution in [0.5, 0.6) is 0 Å². The first-order valence-electron chi connectivity index (χ1n) is 5.73. The Balaban J connectivity index is 1.95. The third-order valence-corrected chi connectivity index (χ3v) is 3.83. The van der Waals surface area contributed by atoms with Crippen LogP contribution in [-0.4, -0.2) is 42.7 Å². The van der Waals surface area contributed by atoms with Gasteiger partial charge in [0.1, 0.15) is 0 Å². The van der Waals surface area contributed by atoms with Gasteiger partial charge in [-0.05, 0) is 19.8 Å². The van der Waals surface area contributed by atoms with Crippen molar-refractivity contribution in [2.75, 3.05) is 26.3 Å². The van der Waals surface area contributed by atoms with Gasteiger partial charge in [-0.1, -0.05) is 0 Å². The van der Waals surface area contributed by atoms with Crippen LogP contribution in [0.3, 0.4) is 0 Å². The smallest absolute Gasteiger partial charge is 0.248 e. The van der Waals surface area contributed by atoms with E-state index in [1.54, 1.807) is 0 Å². The molecule has 1 aliphatic carbocycles. The van der Waals surface area contributed by atoms with Crippen LogP contribution in [0, 0.1) is 0 Å². The van der Waals surface area contributed by atoms with Gasteiger partial charge in [0.25, 0.3) is 0 Å². The van der Waals surface area contributed by atoms with Crippen molar-refractivity contribution in [3.8, 4) is 0 Å². The predicted octanol–water partition coefficient (Wildman–Crippen LogP) is 2.29. The average Bonchev–Trinajstić information content (AvgIpc) is 2.24. The monoisotopic (exact) mass is 219 g/mol. The maximum atomic E-state index is 13.1. The fraction of sp³-hybridized carbons (Fsp3) is 1.00. The second kappa shape index (κ2) is 3.98. The molecule has 1 saturated carbocycles. The Bertz CT molecular complexity index is 217. The summed E-state index contributed by atoms with van der Waals surface area (Å²) in [5.41, 5.74) is -0.0224. The number of hydrogen-bond acceptors (Lipinski definition) is 2. The molecule has 88 valence electrons. The molecule has 1 aliphatic heterocycles. The summed E-state index contributed by atoms with van der Waals surface area (Å²) in [6, 6.07) is 0. The first-order chi connectivity index (χ1) is 7.02. The summed E-state index contributed by atoms with van der Waals surface area (Å²) in [5, 5.41) is 0. The fourth-order valence-corrected chi connectivity index (χ4v) is 2.57. The number of ether oxygens (including phenoxy) is 1. The van der Waals surface area contributed by atoms with Gasteiger partial charge < -0.3 is 4.74 Å². The lowest BCUT2D eigenvalue weighted by molar-refractivity contribution is -0.0946. The summed E-state index contributed by atoms with van der Waals surface area (Å²) in [7, 11) is 0. The SMILES string of the molecule is CC1(N2CCOCC2)CCC(F)(F)CC1. The average molecular weight is 219 g/mol. The van der Waals surface area contributed by atoms with Crippen LogP contribution in [0.1, 0.15) is 32.6 Å². The van der Waals surface area contributed by atoms with E-state index in [2.05, 4.69) is 11.8 Å². The second-order valence-corrected chi connectivity index (χ2v) is 4.95. The number of nitrogens with zero attached hydrogens (tertiary/aromatic N) is 1. The van der Waals surface area contributed by atoms with Gasteiger partial charge in [-0.2, -0.15) is 0 Å². The molecule has 4 heteroatoms. The molecule has 0 aromatic rings. The summed E-state index contributed by atoms with van der Waals surface area (Å²) in [4.78, 5) is 2.33. The van der Waals surface area contributed by atoms with Gasteiger partial charge in [0, 0.05) is 31.5 Å². The minimum atomic E-state index is -2.42. The van der Waals surface area contributed by atoms with E-state index in [1.807, 2.05) is 0 Å². The molecule has 0 aromatic carbocycles. The fourth-order valence-electron chi connectivity index (χ4n) is 2.57. The topological polar surface area (TPSA) is 12.5 Å². The van der Waals surface area contributed by atoms with Crippen LogP contribution in [0.2, 0.25) is 0 Å². The van der Waals surface area contributed by atoms with E-state index >= 15 is 0 Å². The highest BCUT2D eigenvalue weighted by Crippen LogP contribution is 2.41. The molecule has 0 radical (unpaired) electrons. The molecule has 0 unspecified atom stereocenters. The van der Waals surface area contributed by atoms with Gasteiger partial charge >= 0.3 is 0 Å². The Kier molecular flexibility index (Phi) is 2.99. The van der Waals surface area contributed by atoms with Crippen molar-refractivity contribution in [1.29, 1.82) is 0 Å². The van der Waals surface area contributed by atoms with E-state index in [0.717, 1.165) is 26.3 Å². The minimum absolute atomic E-state index is 0.0224. The normalized spacial score (nSPS) is 31.4. The van der Waals surface area contributed by atoms with E-state index in [0.29, 0.717) is 12.8 Å². The third kappa shape index (κ3) is 2.48. The van der Waals surface area contributed by atoms with E-state index < -0.39 is 5.92 Å². The van der Waals surface area contributed by atoms with Gasteiger partial charge in [-0.25, -0.2) is 8.78 Å². The lowest BCUT2D eigenvalue weighted by Gasteiger charge is -2.47. The summed E-state index contributed by atoms with van der Waals surface area (Å²) in [5.74, 6) is -2.42. The minimum Gasteiger partial charge on any atom is -0.379 e. The van der Waals surface area contributed by atoms with Crippen LogP contribution in [0.15, 0.2) is 0 Å². The second-order valence-electron chi connectivity index (χ2n) is 4.95. The van der Waals surface area contributed by atoms with Crippen molar-refractivity contribution < 1.29 is 13.5 Å². The molecule has 2 rings (SSSR count). The lowest BCUT2D eigenvalue weighted by atomic mass is 9.80. The van der Waals surface area contributed by atoms with E-state index in [9.17, 15) is 8.78 Å². The van der Waals surface area contributed by atoms with Crippen LogP contribution in [0.4, 0.5) is 8.78 Å². The van der Waals surface area contributed by atoms with E-state index in [-0.39, 0.29) is 18.4 Å². The molecule has 15 heavy (non-hydrogen) atoms. The van der Waals surface area contributed by atoms with Gasteiger partial charge in [-0.15, -0.1) is 0 Å². The van der Waals surface area contributed by atoms with E-state index in [4.69, 9.17) is 4.74 Å². The largest absolute Gasteiger partial charge is 0.379 e. The summed E-state index contributed by atoms with van der Waals surface area (Å²) in [6.45, 7) is 5.38. The molecule has 0 N–H and O–H groups in total. The Morgan fingerprint density at radius 3 is 2.07 bits per heavy atom. The molecule has 1 saturated heterocycles. The summed E-state index contributed by atoms with van der Waals surface area (Å²) < 4.78 is 31.4. The summed E-state index contributed by atoms with van der Waals surface area (Å²) >= 11 is 0. The first kappa shape index (κ1) is 11.3. The van der Waals surface area contributed by atoms with Crippen LogP contribution >= 0.6 is 0 Å². The van der Waals surface area contributed by atoms with Crippen molar-refractivity contribution in [1.82, 2.24) is 4.90 Å². The van der Waals surface area contributed by atoms with Gasteiger partial charge in [0.15, 0.2) is 0 Å². The number of alkyl halides is 2. The van der Waals surface area contributed by atoms with Gasteiger partial charge in [-0.3, -0.25) is 4.90 Å². The molecule has 0 atom stereocenters. The Morgan fingerprint density at radius 1 is 1.00 bits per heavy atom. The standard InChI is InChI=1S/C11H19F2NO/c1-10(14-6-8-15-9-7-14)2-4-11(12,13)5-3-10/h2-9H2,1H3. The van der Waals surface area contributed by atoms with Crippen LogP contribution in [0.25, 0.3) is 0 Å². The Labute approximate surface area is 89.6 Å². The van der Waals surface area contributed by atoms with Gasteiger partial charge in [0.2, 0.25) is 5.92 Å². The molecule has 0 bridgehead atoms. The highest BCUT2D eigenvalue weighted by Gasteiger charge is 2.43. The predicted molar refractivity (Wildman–Crippen MR) is 54.2 cm³/mol. The molecular formula is C11H19F2NO. The highest BCUT2D eigenvalue weighted by molar-refractivity contribution is 4.94. The molecule has 0 amide bonds. The molecule has 2 nitrogen and oxygen atoms in total. The lowest BCUT2D eigenvalue weighted by Crippen LogP contribution is -2.54. The van der Waals surface area contributed by atoms with Crippen molar-refractivity contribution in [3.63, 3.8) is 0 Å². The number of rotatable bonds is 1. The molecule has 1 heterocycles. The van der Waals surface area contributed by atoms with Crippen LogP contribution in [-0.2, 0) is 4.74 Å². The zero-order valence-corrected chi connectivity index (χ0v) is 9.27. The Hall–Kier alpha value is -0.220. The zero-order chi connectivity index (χ0) is 10.9. The summed E-state index contributed by atoms with van der Waals surface area (Å²) in [6.07, 6.45) is 1.31. The number of morpholine rings is 1. The quantitative estimate of drug-likeness (QED) is 0.671. The first-order valence-corrected chi connectivity index (χ1v) is 5.73. The highest BCUT2D eigenvalue weighted by atomic mass is 19.3. The zero-order valence-electron chi connectivity index (χ0n) is 9.27. The maximum Gasteiger partial charge on any atom is 0.248 e. The molecule has 2 fully saturated rings.